The van der Waals surface area contributed by atoms with E-state index < -0.39 is 5.97 Å². The van der Waals surface area contributed by atoms with Crippen molar-refractivity contribution in [2.75, 3.05) is 13.1 Å². The molecule has 1 heterocycles. The first-order chi connectivity index (χ1) is 8.63. The molecule has 3 fully saturated rings. The monoisotopic (exact) mass is 251 g/mol. The average Bonchev–Trinajstić information content (AvgIpc) is 3.01. The van der Waals surface area contributed by atoms with Gasteiger partial charge in [0.25, 0.3) is 0 Å². The molecule has 1 saturated heterocycles. The van der Waals surface area contributed by atoms with Crippen LogP contribution < -0.4 is 0 Å². The molecule has 3 rings (SSSR count). The second-order valence-electron chi connectivity index (χ2n) is 6.32. The molecule has 3 aliphatic rings. The lowest BCUT2D eigenvalue weighted by molar-refractivity contribution is -0.139. The number of nitrogens with zero attached hydrogens (tertiary/aromatic N) is 1. The Hall–Kier alpha value is -1.06. The van der Waals surface area contributed by atoms with Crippen LogP contribution in [0.4, 0.5) is 0 Å². The molecular weight excluding hydrogens is 230 g/mol. The molecule has 0 aromatic carbocycles. The highest BCUT2D eigenvalue weighted by molar-refractivity contribution is 5.80. The highest BCUT2D eigenvalue weighted by Crippen LogP contribution is 2.49. The van der Waals surface area contributed by atoms with Gasteiger partial charge < -0.3 is 10.0 Å². The second-order valence-corrected chi connectivity index (χ2v) is 6.32. The van der Waals surface area contributed by atoms with Gasteiger partial charge >= 0.3 is 5.97 Å². The molecule has 1 N–H and O–H groups in total. The fourth-order valence-electron chi connectivity index (χ4n) is 4.23. The number of amides is 1. The Morgan fingerprint density at radius 1 is 1.17 bits per heavy atom. The lowest BCUT2D eigenvalue weighted by Crippen LogP contribution is -2.36. The third-order valence-corrected chi connectivity index (χ3v) is 5.12. The van der Waals surface area contributed by atoms with E-state index in [-0.39, 0.29) is 18.3 Å². The van der Waals surface area contributed by atoms with Crippen molar-refractivity contribution in [1.29, 1.82) is 0 Å². The van der Waals surface area contributed by atoms with Crippen LogP contribution in [0.25, 0.3) is 0 Å². The Kier molecular flexibility index (Phi) is 3.04. The van der Waals surface area contributed by atoms with Gasteiger partial charge in [0, 0.05) is 25.4 Å². The molecule has 1 aliphatic heterocycles. The van der Waals surface area contributed by atoms with Crippen molar-refractivity contribution in [2.45, 2.75) is 38.5 Å². The maximum Gasteiger partial charge on any atom is 0.303 e. The third kappa shape index (κ3) is 2.13. The summed E-state index contributed by atoms with van der Waals surface area (Å²) < 4.78 is 0. The van der Waals surface area contributed by atoms with E-state index in [9.17, 15) is 9.59 Å². The SMILES string of the molecule is O=C(O)CC1CCN(C(=O)C2CC3CCC2C3)C1. The van der Waals surface area contributed by atoms with Crippen LogP contribution in [0, 0.1) is 23.7 Å². The molecular formula is C14H21NO3. The van der Waals surface area contributed by atoms with E-state index in [0.717, 1.165) is 25.3 Å². The summed E-state index contributed by atoms with van der Waals surface area (Å²) in [6.07, 6.45) is 5.95. The summed E-state index contributed by atoms with van der Waals surface area (Å²) in [5, 5.41) is 8.79. The lowest BCUT2D eigenvalue weighted by atomic mass is 9.88. The zero-order valence-corrected chi connectivity index (χ0v) is 10.7. The van der Waals surface area contributed by atoms with Gasteiger partial charge in [0.05, 0.1) is 0 Å². The number of carboxylic acid groups (broad SMARTS) is 1. The standard InChI is InChI=1S/C14H21NO3/c16-13(17)7-10-3-4-15(8-10)14(18)12-6-9-1-2-11(12)5-9/h9-12H,1-8H2,(H,16,17). The van der Waals surface area contributed by atoms with Crippen LogP contribution in [-0.4, -0.2) is 35.0 Å². The molecule has 0 spiro atoms. The fourth-order valence-corrected chi connectivity index (χ4v) is 4.23. The Balaban J connectivity index is 1.56. The van der Waals surface area contributed by atoms with Crippen LogP contribution in [-0.2, 0) is 9.59 Å². The van der Waals surface area contributed by atoms with Gasteiger partial charge in [0.1, 0.15) is 0 Å². The first kappa shape index (κ1) is 12.0. The third-order valence-electron chi connectivity index (χ3n) is 5.12. The largest absolute Gasteiger partial charge is 0.481 e. The van der Waals surface area contributed by atoms with Crippen LogP contribution in [0.3, 0.4) is 0 Å². The number of fused-ring (bicyclic) bond motifs is 2. The summed E-state index contributed by atoms with van der Waals surface area (Å²) in [6.45, 7) is 1.43. The number of hydrogen-bond acceptors (Lipinski definition) is 2. The normalized spacial score (nSPS) is 38.3. The number of aliphatic carboxylic acids is 1. The van der Waals surface area contributed by atoms with Crippen LogP contribution in [0.2, 0.25) is 0 Å². The van der Waals surface area contributed by atoms with Crippen molar-refractivity contribution in [1.82, 2.24) is 4.90 Å². The van der Waals surface area contributed by atoms with Crippen molar-refractivity contribution < 1.29 is 14.7 Å². The molecule has 2 aliphatic carbocycles. The predicted octanol–water partition coefficient (Wildman–Crippen LogP) is 1.75. The van der Waals surface area contributed by atoms with Crippen molar-refractivity contribution in [3.63, 3.8) is 0 Å². The molecule has 100 valence electrons. The highest BCUT2D eigenvalue weighted by Gasteiger charge is 2.45. The summed E-state index contributed by atoms with van der Waals surface area (Å²) >= 11 is 0. The van der Waals surface area contributed by atoms with Crippen LogP contribution in [0.15, 0.2) is 0 Å². The molecule has 0 aromatic rings. The Labute approximate surface area is 107 Å². The zero-order valence-electron chi connectivity index (χ0n) is 10.7. The molecule has 4 heteroatoms. The van der Waals surface area contributed by atoms with Crippen molar-refractivity contribution in [2.24, 2.45) is 23.7 Å². The highest BCUT2D eigenvalue weighted by atomic mass is 16.4. The van der Waals surface area contributed by atoms with Gasteiger partial charge in [-0.25, -0.2) is 0 Å². The molecule has 18 heavy (non-hydrogen) atoms. The van der Waals surface area contributed by atoms with Gasteiger partial charge in [-0.15, -0.1) is 0 Å². The van der Waals surface area contributed by atoms with Gasteiger partial charge in [-0.1, -0.05) is 6.42 Å². The van der Waals surface area contributed by atoms with E-state index in [0.29, 0.717) is 18.4 Å². The van der Waals surface area contributed by atoms with Crippen LogP contribution in [0.1, 0.15) is 38.5 Å². The summed E-state index contributed by atoms with van der Waals surface area (Å²) in [4.78, 5) is 25.1. The number of likely N-dealkylation sites (tertiary alicyclic amines) is 1. The van der Waals surface area contributed by atoms with Gasteiger partial charge in [-0.05, 0) is 43.4 Å². The van der Waals surface area contributed by atoms with E-state index in [1.54, 1.807) is 0 Å². The second kappa shape index (κ2) is 4.56. The minimum atomic E-state index is -0.741. The average molecular weight is 251 g/mol. The summed E-state index contributed by atoms with van der Waals surface area (Å²) in [5.74, 6) is 1.42. The number of hydrogen-bond donors (Lipinski definition) is 1. The quantitative estimate of drug-likeness (QED) is 0.831. The van der Waals surface area contributed by atoms with Crippen molar-refractivity contribution in [3.05, 3.63) is 0 Å². The summed E-state index contributed by atoms with van der Waals surface area (Å²) in [6, 6.07) is 0. The summed E-state index contributed by atoms with van der Waals surface area (Å²) in [5.41, 5.74) is 0. The van der Waals surface area contributed by atoms with E-state index in [1.165, 1.54) is 19.3 Å². The Bertz CT molecular complexity index is 368. The minimum Gasteiger partial charge on any atom is -0.481 e. The fraction of sp³-hybridized carbons (Fsp3) is 0.857. The lowest BCUT2D eigenvalue weighted by Gasteiger charge is -2.26. The van der Waals surface area contributed by atoms with Crippen molar-refractivity contribution in [3.8, 4) is 0 Å². The molecule has 4 nitrogen and oxygen atoms in total. The molecule has 2 bridgehead atoms. The maximum atomic E-state index is 12.4. The molecule has 4 unspecified atom stereocenters. The Morgan fingerprint density at radius 2 is 2.00 bits per heavy atom. The predicted molar refractivity (Wildman–Crippen MR) is 65.9 cm³/mol. The summed E-state index contributed by atoms with van der Waals surface area (Å²) in [7, 11) is 0. The minimum absolute atomic E-state index is 0.171. The molecule has 4 atom stereocenters. The van der Waals surface area contributed by atoms with E-state index in [2.05, 4.69) is 0 Å². The van der Waals surface area contributed by atoms with E-state index in [4.69, 9.17) is 5.11 Å². The number of rotatable bonds is 3. The number of carbonyl (C=O) groups is 2. The molecule has 0 aromatic heterocycles. The van der Waals surface area contributed by atoms with Crippen LogP contribution >= 0.6 is 0 Å². The molecule has 0 radical (unpaired) electrons. The zero-order chi connectivity index (χ0) is 12.7. The van der Waals surface area contributed by atoms with Crippen molar-refractivity contribution >= 4 is 11.9 Å². The smallest absolute Gasteiger partial charge is 0.303 e. The number of carboxylic acids is 1. The topological polar surface area (TPSA) is 57.6 Å². The first-order valence-electron chi connectivity index (χ1n) is 7.14. The Morgan fingerprint density at radius 3 is 2.61 bits per heavy atom. The maximum absolute atomic E-state index is 12.4. The van der Waals surface area contributed by atoms with Crippen LogP contribution in [0.5, 0.6) is 0 Å². The first-order valence-corrected chi connectivity index (χ1v) is 7.14. The van der Waals surface area contributed by atoms with Gasteiger partial charge in [0.15, 0.2) is 0 Å². The van der Waals surface area contributed by atoms with Gasteiger partial charge in [-0.3, -0.25) is 9.59 Å². The van der Waals surface area contributed by atoms with E-state index in [1.807, 2.05) is 4.90 Å². The molecule has 1 amide bonds. The van der Waals surface area contributed by atoms with Gasteiger partial charge in [-0.2, -0.15) is 0 Å². The van der Waals surface area contributed by atoms with Gasteiger partial charge in [0.2, 0.25) is 5.91 Å². The number of carbonyl (C=O) groups excluding carboxylic acids is 1. The van der Waals surface area contributed by atoms with E-state index >= 15 is 0 Å². The molecule has 2 saturated carbocycles.